The molecule has 0 radical (unpaired) electrons. The molecule has 0 saturated carbocycles. The predicted molar refractivity (Wildman–Crippen MR) is 79.1 cm³/mol. The second kappa shape index (κ2) is 8.07. The molecule has 3 N–H and O–H groups in total. The molecular formula is C15H26N2O3. The molecule has 1 unspecified atom stereocenters. The van der Waals surface area contributed by atoms with Crippen LogP contribution in [0.1, 0.15) is 26.7 Å². The van der Waals surface area contributed by atoms with Crippen molar-refractivity contribution in [3.05, 3.63) is 24.6 Å². The summed E-state index contributed by atoms with van der Waals surface area (Å²) in [5.74, 6) is 0.189. The Bertz CT molecular complexity index is 364. The summed E-state index contributed by atoms with van der Waals surface area (Å²) in [6, 6.07) is 0. The van der Waals surface area contributed by atoms with E-state index in [-0.39, 0.29) is 17.8 Å². The molecule has 5 nitrogen and oxygen atoms in total. The molecule has 0 aliphatic heterocycles. The first-order chi connectivity index (χ1) is 9.43. The Hall–Kier alpha value is -1.33. The Kier molecular flexibility index (Phi) is 6.75. The average molecular weight is 282 g/mol. The molecule has 0 heterocycles. The van der Waals surface area contributed by atoms with Gasteiger partial charge in [0.25, 0.3) is 0 Å². The van der Waals surface area contributed by atoms with Gasteiger partial charge in [-0.1, -0.05) is 20.4 Å². The zero-order valence-corrected chi connectivity index (χ0v) is 12.4. The highest BCUT2D eigenvalue weighted by molar-refractivity contribution is 5.91. The number of hydrogen-bond acceptors (Lipinski definition) is 5. The molecule has 1 atom stereocenters. The van der Waals surface area contributed by atoms with E-state index in [0.717, 1.165) is 25.2 Å². The Morgan fingerprint density at radius 2 is 2.25 bits per heavy atom. The number of allylic oxidation sites excluding steroid dienone is 2. The minimum absolute atomic E-state index is 0.0415. The van der Waals surface area contributed by atoms with Gasteiger partial charge in [-0.05, 0) is 11.8 Å². The summed E-state index contributed by atoms with van der Waals surface area (Å²) < 4.78 is 4.89. The van der Waals surface area contributed by atoms with Gasteiger partial charge in [-0.2, -0.15) is 0 Å². The van der Waals surface area contributed by atoms with Crippen LogP contribution in [0.4, 0.5) is 0 Å². The average Bonchev–Trinajstić information content (AvgIpc) is 2.33. The summed E-state index contributed by atoms with van der Waals surface area (Å²) in [5.41, 5.74) is 1.04. The minimum atomic E-state index is -0.539. The first-order valence-electron chi connectivity index (χ1n) is 7.01. The SMILES string of the molecule is C=COCC(O)CNCCNC1=CC(=O)CC(C)(C)C1. The lowest BCUT2D eigenvalue weighted by atomic mass is 9.79. The standard InChI is InChI=1S/C15H26N2O3/c1-4-20-11-14(19)10-16-5-6-17-12-7-13(18)9-15(2,3)8-12/h4,7,14,16-17,19H,1,5-6,8-11H2,2-3H3. The monoisotopic (exact) mass is 282 g/mol. The van der Waals surface area contributed by atoms with Gasteiger partial charge in [-0.3, -0.25) is 4.79 Å². The van der Waals surface area contributed by atoms with E-state index in [1.807, 2.05) is 0 Å². The number of hydrogen-bond donors (Lipinski definition) is 3. The zero-order chi connectivity index (χ0) is 15.0. The quantitative estimate of drug-likeness (QED) is 0.434. The van der Waals surface area contributed by atoms with E-state index in [2.05, 4.69) is 31.1 Å². The number of carbonyl (C=O) groups is 1. The van der Waals surface area contributed by atoms with E-state index in [0.29, 0.717) is 13.0 Å². The maximum Gasteiger partial charge on any atom is 0.157 e. The topological polar surface area (TPSA) is 70.6 Å². The van der Waals surface area contributed by atoms with Crippen molar-refractivity contribution in [2.75, 3.05) is 26.2 Å². The molecule has 0 bridgehead atoms. The van der Waals surface area contributed by atoms with E-state index in [4.69, 9.17) is 4.74 Å². The van der Waals surface area contributed by atoms with Crippen molar-refractivity contribution < 1.29 is 14.6 Å². The number of ketones is 1. The first kappa shape index (κ1) is 16.7. The fourth-order valence-corrected chi connectivity index (χ4v) is 2.28. The second-order valence-electron chi connectivity index (χ2n) is 5.94. The molecule has 5 heteroatoms. The number of carbonyl (C=O) groups excluding carboxylic acids is 1. The van der Waals surface area contributed by atoms with E-state index in [9.17, 15) is 9.90 Å². The lowest BCUT2D eigenvalue weighted by molar-refractivity contribution is -0.117. The number of aliphatic hydroxyl groups excluding tert-OH is 1. The number of rotatable bonds is 9. The lowest BCUT2D eigenvalue weighted by Crippen LogP contribution is -2.35. The van der Waals surface area contributed by atoms with Crippen molar-refractivity contribution in [3.63, 3.8) is 0 Å². The van der Waals surface area contributed by atoms with Crippen LogP contribution < -0.4 is 10.6 Å². The van der Waals surface area contributed by atoms with Crippen LogP contribution in [0.2, 0.25) is 0 Å². The largest absolute Gasteiger partial charge is 0.499 e. The maximum atomic E-state index is 11.6. The summed E-state index contributed by atoms with van der Waals surface area (Å²) in [7, 11) is 0. The highest BCUT2D eigenvalue weighted by atomic mass is 16.5. The lowest BCUT2D eigenvalue weighted by Gasteiger charge is -2.29. The molecular weight excluding hydrogens is 256 g/mol. The Labute approximate surface area is 121 Å². The Balaban J connectivity index is 2.15. The third-order valence-corrected chi connectivity index (χ3v) is 3.10. The minimum Gasteiger partial charge on any atom is -0.499 e. The van der Waals surface area contributed by atoms with Gasteiger partial charge in [-0.15, -0.1) is 0 Å². The van der Waals surface area contributed by atoms with Gasteiger partial charge >= 0.3 is 0 Å². The summed E-state index contributed by atoms with van der Waals surface area (Å²) in [5, 5.41) is 15.9. The first-order valence-corrected chi connectivity index (χ1v) is 7.01. The fourth-order valence-electron chi connectivity index (χ4n) is 2.28. The van der Waals surface area contributed by atoms with Crippen LogP contribution in [-0.4, -0.2) is 43.2 Å². The molecule has 0 saturated heterocycles. The van der Waals surface area contributed by atoms with Crippen molar-refractivity contribution in [2.45, 2.75) is 32.8 Å². The molecule has 0 aromatic carbocycles. The normalized spacial score (nSPS) is 19.1. The summed E-state index contributed by atoms with van der Waals surface area (Å²) >= 11 is 0. The van der Waals surface area contributed by atoms with Crippen LogP contribution in [0.15, 0.2) is 24.6 Å². The van der Waals surface area contributed by atoms with Crippen molar-refractivity contribution >= 4 is 5.78 Å². The predicted octanol–water partition coefficient (Wildman–Crippen LogP) is 0.960. The van der Waals surface area contributed by atoms with Crippen molar-refractivity contribution in [1.82, 2.24) is 10.6 Å². The van der Waals surface area contributed by atoms with Gasteiger partial charge in [0.1, 0.15) is 12.7 Å². The van der Waals surface area contributed by atoms with Gasteiger partial charge in [0, 0.05) is 37.8 Å². The van der Waals surface area contributed by atoms with Gasteiger partial charge in [0.05, 0.1) is 6.26 Å². The second-order valence-corrected chi connectivity index (χ2v) is 5.94. The Morgan fingerprint density at radius 3 is 2.90 bits per heavy atom. The fraction of sp³-hybridized carbons (Fsp3) is 0.667. The van der Waals surface area contributed by atoms with E-state index in [1.165, 1.54) is 6.26 Å². The van der Waals surface area contributed by atoms with Crippen LogP contribution in [0.3, 0.4) is 0 Å². The molecule has 1 rings (SSSR count). The number of ether oxygens (including phenoxy) is 1. The van der Waals surface area contributed by atoms with Gasteiger partial charge in [0.2, 0.25) is 0 Å². The number of nitrogens with one attached hydrogen (secondary N) is 2. The summed E-state index contributed by atoms with van der Waals surface area (Å²) in [6.07, 6.45) is 4.00. The van der Waals surface area contributed by atoms with Gasteiger partial charge in [0.15, 0.2) is 5.78 Å². The highest BCUT2D eigenvalue weighted by Gasteiger charge is 2.27. The molecule has 20 heavy (non-hydrogen) atoms. The highest BCUT2D eigenvalue weighted by Crippen LogP contribution is 2.32. The van der Waals surface area contributed by atoms with Crippen LogP contribution in [-0.2, 0) is 9.53 Å². The molecule has 1 aliphatic rings. The van der Waals surface area contributed by atoms with Crippen LogP contribution in [0, 0.1) is 5.41 Å². The smallest absolute Gasteiger partial charge is 0.157 e. The number of aliphatic hydroxyl groups is 1. The van der Waals surface area contributed by atoms with Crippen molar-refractivity contribution in [3.8, 4) is 0 Å². The molecule has 1 aliphatic carbocycles. The van der Waals surface area contributed by atoms with E-state index in [1.54, 1.807) is 6.08 Å². The van der Waals surface area contributed by atoms with Gasteiger partial charge < -0.3 is 20.5 Å². The zero-order valence-electron chi connectivity index (χ0n) is 12.4. The molecule has 0 aromatic rings. The van der Waals surface area contributed by atoms with Crippen molar-refractivity contribution in [2.24, 2.45) is 5.41 Å². The molecule has 0 aromatic heterocycles. The molecule has 0 amide bonds. The third kappa shape index (κ3) is 6.73. The molecule has 0 spiro atoms. The third-order valence-electron chi connectivity index (χ3n) is 3.10. The Morgan fingerprint density at radius 1 is 1.50 bits per heavy atom. The van der Waals surface area contributed by atoms with Crippen LogP contribution in [0.25, 0.3) is 0 Å². The van der Waals surface area contributed by atoms with Crippen LogP contribution in [0.5, 0.6) is 0 Å². The van der Waals surface area contributed by atoms with Crippen LogP contribution >= 0.6 is 0 Å². The molecule has 0 fully saturated rings. The summed E-state index contributed by atoms with van der Waals surface area (Å²) in [4.78, 5) is 11.6. The maximum absolute atomic E-state index is 11.6. The summed E-state index contributed by atoms with van der Waals surface area (Å²) in [6.45, 7) is 9.79. The van der Waals surface area contributed by atoms with Crippen molar-refractivity contribution in [1.29, 1.82) is 0 Å². The molecule has 114 valence electrons. The van der Waals surface area contributed by atoms with Gasteiger partial charge in [-0.25, -0.2) is 0 Å². The van der Waals surface area contributed by atoms with E-state index < -0.39 is 6.10 Å². The van der Waals surface area contributed by atoms with E-state index >= 15 is 0 Å².